The molecule has 8 heteroatoms. The molecule has 0 saturated carbocycles. The molecule has 23 heavy (non-hydrogen) atoms. The normalized spacial score (nSPS) is 11.8. The Balaban J connectivity index is 2.07. The van der Waals surface area contributed by atoms with Crippen molar-refractivity contribution >= 4 is 5.91 Å². The SMILES string of the molecule is COc1ccc([C@@H](C)NC(=O)Cn2[nH]c(=O)ccc2=O)cc1F. The topological polar surface area (TPSA) is 93.2 Å². The van der Waals surface area contributed by atoms with Crippen molar-refractivity contribution in [2.45, 2.75) is 19.5 Å². The van der Waals surface area contributed by atoms with E-state index in [2.05, 4.69) is 10.4 Å². The van der Waals surface area contributed by atoms with Gasteiger partial charge in [-0.25, -0.2) is 9.07 Å². The first-order chi connectivity index (χ1) is 10.9. The van der Waals surface area contributed by atoms with Gasteiger partial charge in [0.25, 0.3) is 11.1 Å². The number of methoxy groups -OCH3 is 1. The molecule has 0 radical (unpaired) electrons. The summed E-state index contributed by atoms with van der Waals surface area (Å²) in [6, 6.07) is 6.04. The third-order valence-corrected chi connectivity index (χ3v) is 3.24. The Morgan fingerprint density at radius 1 is 1.35 bits per heavy atom. The molecule has 2 N–H and O–H groups in total. The summed E-state index contributed by atoms with van der Waals surface area (Å²) in [7, 11) is 1.36. The predicted octanol–water partition coefficient (Wildman–Crippen LogP) is 0.562. The molecule has 1 amide bonds. The van der Waals surface area contributed by atoms with E-state index in [0.717, 1.165) is 16.8 Å². The van der Waals surface area contributed by atoms with Crippen LogP contribution in [0.4, 0.5) is 4.39 Å². The molecule has 2 aromatic rings. The van der Waals surface area contributed by atoms with Gasteiger partial charge in [0.2, 0.25) is 5.91 Å². The van der Waals surface area contributed by atoms with Crippen LogP contribution in [0.1, 0.15) is 18.5 Å². The Hall–Kier alpha value is -2.90. The number of aromatic nitrogens is 2. The molecule has 0 aliphatic carbocycles. The van der Waals surface area contributed by atoms with Gasteiger partial charge >= 0.3 is 0 Å². The third kappa shape index (κ3) is 4.06. The summed E-state index contributed by atoms with van der Waals surface area (Å²) in [6.07, 6.45) is 0. The highest BCUT2D eigenvalue weighted by molar-refractivity contribution is 5.76. The second kappa shape index (κ2) is 6.91. The highest BCUT2D eigenvalue weighted by Crippen LogP contribution is 2.21. The number of hydrogen-bond donors (Lipinski definition) is 2. The third-order valence-electron chi connectivity index (χ3n) is 3.24. The van der Waals surface area contributed by atoms with Gasteiger partial charge in [0.05, 0.1) is 13.2 Å². The largest absolute Gasteiger partial charge is 0.494 e. The Labute approximate surface area is 130 Å². The smallest absolute Gasteiger partial charge is 0.265 e. The molecular weight excluding hydrogens is 305 g/mol. The van der Waals surface area contributed by atoms with Gasteiger partial charge in [0, 0.05) is 12.1 Å². The lowest BCUT2D eigenvalue weighted by Crippen LogP contribution is -2.36. The van der Waals surface area contributed by atoms with Gasteiger partial charge < -0.3 is 10.1 Å². The monoisotopic (exact) mass is 321 g/mol. The van der Waals surface area contributed by atoms with Crippen LogP contribution in [0.15, 0.2) is 39.9 Å². The van der Waals surface area contributed by atoms with E-state index < -0.39 is 28.9 Å². The van der Waals surface area contributed by atoms with Crippen LogP contribution in [-0.4, -0.2) is 22.8 Å². The maximum atomic E-state index is 13.7. The average Bonchev–Trinajstić information content (AvgIpc) is 2.50. The van der Waals surface area contributed by atoms with Crippen molar-refractivity contribution in [3.05, 3.63) is 62.4 Å². The summed E-state index contributed by atoms with van der Waals surface area (Å²) < 4.78 is 19.4. The van der Waals surface area contributed by atoms with Crippen LogP contribution in [0.5, 0.6) is 5.75 Å². The molecule has 0 bridgehead atoms. The van der Waals surface area contributed by atoms with E-state index in [1.54, 1.807) is 13.0 Å². The second-order valence-corrected chi connectivity index (χ2v) is 4.92. The van der Waals surface area contributed by atoms with Crippen LogP contribution >= 0.6 is 0 Å². The number of ether oxygens (including phenoxy) is 1. The fourth-order valence-electron chi connectivity index (χ4n) is 2.05. The van der Waals surface area contributed by atoms with Crippen molar-refractivity contribution in [1.29, 1.82) is 0 Å². The standard InChI is InChI=1S/C15H16FN3O4/c1-9(10-3-4-12(23-2)11(16)7-10)17-14(21)8-19-15(22)6-5-13(20)18-19/h3-7,9H,8H2,1-2H3,(H,17,21)(H,18,20)/t9-/m1/s1. The second-order valence-electron chi connectivity index (χ2n) is 4.92. The number of hydrogen-bond acceptors (Lipinski definition) is 4. The summed E-state index contributed by atoms with van der Waals surface area (Å²) >= 11 is 0. The lowest BCUT2D eigenvalue weighted by molar-refractivity contribution is -0.122. The minimum atomic E-state index is -0.533. The van der Waals surface area contributed by atoms with Crippen LogP contribution in [0.3, 0.4) is 0 Å². The number of carbonyl (C=O) groups is 1. The van der Waals surface area contributed by atoms with E-state index in [0.29, 0.717) is 5.56 Å². The minimum Gasteiger partial charge on any atom is -0.494 e. The zero-order valence-electron chi connectivity index (χ0n) is 12.6. The molecule has 0 aliphatic heterocycles. The van der Waals surface area contributed by atoms with Gasteiger partial charge in [-0.2, -0.15) is 0 Å². The van der Waals surface area contributed by atoms with Crippen LogP contribution in [0.25, 0.3) is 0 Å². The molecule has 1 heterocycles. The van der Waals surface area contributed by atoms with Crippen LogP contribution in [0.2, 0.25) is 0 Å². The Bertz CT molecular complexity index is 828. The van der Waals surface area contributed by atoms with Crippen molar-refractivity contribution in [3.8, 4) is 5.75 Å². The van der Waals surface area contributed by atoms with Crippen molar-refractivity contribution in [3.63, 3.8) is 0 Å². The summed E-state index contributed by atoms with van der Waals surface area (Å²) in [5.74, 6) is -0.909. The molecule has 1 aromatic carbocycles. The van der Waals surface area contributed by atoms with E-state index >= 15 is 0 Å². The van der Waals surface area contributed by atoms with Crippen molar-refractivity contribution in [1.82, 2.24) is 15.1 Å². The predicted molar refractivity (Wildman–Crippen MR) is 80.8 cm³/mol. The molecule has 2 rings (SSSR count). The van der Waals surface area contributed by atoms with Gasteiger partial charge in [-0.15, -0.1) is 0 Å². The van der Waals surface area contributed by atoms with Gasteiger partial charge in [-0.3, -0.25) is 19.5 Å². The first-order valence-corrected chi connectivity index (χ1v) is 6.83. The van der Waals surface area contributed by atoms with Gasteiger partial charge in [-0.05, 0) is 24.6 Å². The first-order valence-electron chi connectivity index (χ1n) is 6.83. The first kappa shape index (κ1) is 16.5. The van der Waals surface area contributed by atoms with Gasteiger partial charge in [0.15, 0.2) is 11.6 Å². The summed E-state index contributed by atoms with van der Waals surface area (Å²) in [5.41, 5.74) is -0.434. The van der Waals surface area contributed by atoms with Crippen molar-refractivity contribution in [2.75, 3.05) is 7.11 Å². The zero-order chi connectivity index (χ0) is 17.0. The number of amides is 1. The molecular formula is C15H16FN3O4. The summed E-state index contributed by atoms with van der Waals surface area (Å²) in [6.45, 7) is 1.34. The lowest BCUT2D eigenvalue weighted by Gasteiger charge is -2.15. The minimum absolute atomic E-state index is 0.112. The van der Waals surface area contributed by atoms with E-state index in [1.165, 1.54) is 19.2 Å². The number of nitrogens with one attached hydrogen (secondary N) is 2. The molecule has 0 aliphatic rings. The molecule has 1 atom stereocenters. The van der Waals surface area contributed by atoms with Crippen LogP contribution < -0.4 is 21.2 Å². The fraction of sp³-hybridized carbons (Fsp3) is 0.267. The average molecular weight is 321 g/mol. The molecule has 0 unspecified atom stereocenters. The molecule has 0 fully saturated rings. The zero-order valence-corrected chi connectivity index (χ0v) is 12.6. The molecule has 0 spiro atoms. The van der Waals surface area contributed by atoms with Gasteiger partial charge in [-0.1, -0.05) is 6.07 Å². The number of H-pyrrole nitrogens is 1. The number of benzene rings is 1. The highest BCUT2D eigenvalue weighted by atomic mass is 19.1. The van der Waals surface area contributed by atoms with Crippen molar-refractivity contribution < 1.29 is 13.9 Å². The lowest BCUT2D eigenvalue weighted by atomic mass is 10.1. The molecule has 122 valence electrons. The van der Waals surface area contributed by atoms with E-state index in [-0.39, 0.29) is 12.3 Å². The van der Waals surface area contributed by atoms with E-state index in [4.69, 9.17) is 4.74 Å². The molecule has 0 saturated heterocycles. The number of halogens is 1. The number of carbonyl (C=O) groups excluding carboxylic acids is 1. The Morgan fingerprint density at radius 3 is 2.74 bits per heavy atom. The van der Waals surface area contributed by atoms with Gasteiger partial charge in [0.1, 0.15) is 6.54 Å². The van der Waals surface area contributed by atoms with E-state index in [9.17, 15) is 18.8 Å². The number of aromatic amines is 1. The fourth-order valence-corrected chi connectivity index (χ4v) is 2.05. The molecule has 7 nitrogen and oxygen atoms in total. The summed E-state index contributed by atoms with van der Waals surface area (Å²) in [5, 5.41) is 4.88. The maximum Gasteiger partial charge on any atom is 0.265 e. The maximum absolute atomic E-state index is 13.7. The quantitative estimate of drug-likeness (QED) is 0.841. The van der Waals surface area contributed by atoms with Crippen molar-refractivity contribution in [2.24, 2.45) is 0 Å². The Morgan fingerprint density at radius 2 is 2.09 bits per heavy atom. The Kier molecular flexibility index (Phi) is 4.95. The van der Waals surface area contributed by atoms with Crippen LogP contribution in [-0.2, 0) is 11.3 Å². The number of nitrogens with zero attached hydrogens (tertiary/aromatic N) is 1. The summed E-state index contributed by atoms with van der Waals surface area (Å²) in [4.78, 5) is 34.6. The van der Waals surface area contributed by atoms with E-state index in [1.807, 2.05) is 0 Å². The van der Waals surface area contributed by atoms with Crippen LogP contribution in [0, 0.1) is 5.82 Å². The molecule has 1 aromatic heterocycles. The highest BCUT2D eigenvalue weighted by Gasteiger charge is 2.13. The number of rotatable bonds is 5.